The minimum atomic E-state index is -2.88. The third-order valence-corrected chi connectivity index (χ3v) is 2.51. The van der Waals surface area contributed by atoms with Crippen LogP contribution in [0.15, 0.2) is 18.2 Å². The van der Waals surface area contributed by atoms with Gasteiger partial charge in [-0.3, -0.25) is 0 Å². The standard InChI is InChI=1S/C14H20F2O/c1-9(2)11-6-7-13(17-10(3)4)12(8-11)14(5,15)16/h6-10H,1-5H3. The second kappa shape index (κ2) is 5.03. The molecule has 0 amide bonds. The van der Waals surface area contributed by atoms with Gasteiger partial charge >= 0.3 is 0 Å². The van der Waals surface area contributed by atoms with Gasteiger partial charge in [-0.2, -0.15) is 0 Å². The van der Waals surface area contributed by atoms with Gasteiger partial charge in [-0.25, -0.2) is 8.78 Å². The van der Waals surface area contributed by atoms with Crippen molar-refractivity contribution in [2.24, 2.45) is 0 Å². The highest BCUT2D eigenvalue weighted by Crippen LogP contribution is 2.36. The Balaban J connectivity index is 3.22. The molecule has 1 aromatic carbocycles. The van der Waals surface area contributed by atoms with Crippen LogP contribution in [-0.2, 0) is 5.92 Å². The molecule has 0 saturated carbocycles. The highest BCUT2D eigenvalue weighted by molar-refractivity contribution is 5.41. The van der Waals surface area contributed by atoms with Gasteiger partial charge in [0, 0.05) is 6.92 Å². The molecule has 0 N–H and O–H groups in total. The van der Waals surface area contributed by atoms with E-state index in [-0.39, 0.29) is 23.3 Å². The molecule has 0 atom stereocenters. The second-order valence-corrected chi connectivity index (χ2v) is 4.97. The summed E-state index contributed by atoms with van der Waals surface area (Å²) in [5.74, 6) is -2.38. The fourth-order valence-electron chi connectivity index (χ4n) is 1.61. The van der Waals surface area contributed by atoms with Gasteiger partial charge in [0.05, 0.1) is 11.7 Å². The molecule has 0 aliphatic carbocycles. The smallest absolute Gasteiger partial charge is 0.274 e. The van der Waals surface area contributed by atoms with Crippen molar-refractivity contribution in [3.63, 3.8) is 0 Å². The van der Waals surface area contributed by atoms with Crippen LogP contribution in [0.1, 0.15) is 51.7 Å². The van der Waals surface area contributed by atoms with Gasteiger partial charge in [-0.05, 0) is 37.5 Å². The minimum absolute atomic E-state index is 0.0302. The van der Waals surface area contributed by atoms with E-state index in [2.05, 4.69) is 0 Å². The van der Waals surface area contributed by atoms with E-state index < -0.39 is 5.92 Å². The minimum Gasteiger partial charge on any atom is -0.490 e. The van der Waals surface area contributed by atoms with Crippen LogP contribution in [-0.4, -0.2) is 6.10 Å². The molecule has 0 unspecified atom stereocenters. The Labute approximate surface area is 102 Å². The SMILES string of the molecule is CC(C)Oc1ccc(C(C)C)cc1C(C)(F)F. The van der Waals surface area contributed by atoms with Gasteiger partial charge in [0.1, 0.15) is 5.75 Å². The number of halogens is 2. The highest BCUT2D eigenvalue weighted by atomic mass is 19.3. The first-order valence-corrected chi connectivity index (χ1v) is 5.90. The zero-order chi connectivity index (χ0) is 13.2. The quantitative estimate of drug-likeness (QED) is 0.743. The van der Waals surface area contributed by atoms with E-state index in [0.29, 0.717) is 0 Å². The number of hydrogen-bond donors (Lipinski definition) is 0. The Morgan fingerprint density at radius 2 is 1.71 bits per heavy atom. The maximum atomic E-state index is 13.5. The monoisotopic (exact) mass is 242 g/mol. The molecule has 0 fully saturated rings. The summed E-state index contributed by atoms with van der Waals surface area (Å²) >= 11 is 0. The number of benzene rings is 1. The predicted molar refractivity (Wildman–Crippen MR) is 65.9 cm³/mol. The molecule has 0 aliphatic rings. The third-order valence-electron chi connectivity index (χ3n) is 2.51. The highest BCUT2D eigenvalue weighted by Gasteiger charge is 2.29. The molecule has 96 valence electrons. The zero-order valence-electron chi connectivity index (χ0n) is 11.1. The van der Waals surface area contributed by atoms with Crippen molar-refractivity contribution < 1.29 is 13.5 Å². The Morgan fingerprint density at radius 3 is 2.12 bits per heavy atom. The summed E-state index contributed by atoms with van der Waals surface area (Å²) in [6, 6.07) is 5.03. The largest absolute Gasteiger partial charge is 0.490 e. The van der Waals surface area contributed by atoms with Crippen LogP contribution in [0.2, 0.25) is 0 Å². The molecule has 1 aromatic rings. The fraction of sp³-hybridized carbons (Fsp3) is 0.571. The molecule has 0 aromatic heterocycles. The van der Waals surface area contributed by atoms with Crippen molar-refractivity contribution in [1.29, 1.82) is 0 Å². The lowest BCUT2D eigenvalue weighted by Gasteiger charge is -2.20. The average Bonchev–Trinajstić information content (AvgIpc) is 2.15. The summed E-state index contributed by atoms with van der Waals surface area (Å²) in [4.78, 5) is 0. The summed E-state index contributed by atoms with van der Waals surface area (Å²) in [5, 5.41) is 0. The molecule has 3 heteroatoms. The van der Waals surface area contributed by atoms with Gasteiger partial charge in [0.15, 0.2) is 0 Å². The van der Waals surface area contributed by atoms with E-state index in [1.54, 1.807) is 12.1 Å². The molecular weight excluding hydrogens is 222 g/mol. The maximum absolute atomic E-state index is 13.5. The number of alkyl halides is 2. The van der Waals surface area contributed by atoms with Gasteiger partial charge in [-0.15, -0.1) is 0 Å². The van der Waals surface area contributed by atoms with Gasteiger partial charge in [0.25, 0.3) is 5.92 Å². The Morgan fingerprint density at radius 1 is 1.12 bits per heavy atom. The molecule has 0 spiro atoms. The van der Waals surface area contributed by atoms with Crippen LogP contribution in [0.4, 0.5) is 8.78 Å². The van der Waals surface area contributed by atoms with Crippen LogP contribution < -0.4 is 4.74 Å². The summed E-state index contributed by atoms with van der Waals surface area (Å²) in [7, 11) is 0. The number of ether oxygens (including phenoxy) is 1. The van der Waals surface area contributed by atoms with E-state index in [1.165, 1.54) is 0 Å². The topological polar surface area (TPSA) is 9.23 Å². The van der Waals surface area contributed by atoms with E-state index in [4.69, 9.17) is 4.74 Å². The van der Waals surface area contributed by atoms with E-state index in [9.17, 15) is 8.78 Å². The van der Waals surface area contributed by atoms with Crippen molar-refractivity contribution in [3.8, 4) is 5.75 Å². The number of rotatable bonds is 4. The van der Waals surface area contributed by atoms with Gasteiger partial charge < -0.3 is 4.74 Å². The summed E-state index contributed by atoms with van der Waals surface area (Å²) in [6.45, 7) is 8.52. The first kappa shape index (κ1) is 13.9. The molecule has 0 aliphatic heterocycles. The van der Waals surface area contributed by atoms with E-state index in [0.717, 1.165) is 12.5 Å². The normalized spacial score (nSPS) is 12.3. The first-order chi connectivity index (χ1) is 7.71. The van der Waals surface area contributed by atoms with E-state index >= 15 is 0 Å². The summed E-state index contributed by atoms with van der Waals surface area (Å²) in [6.07, 6.45) is -0.110. The third kappa shape index (κ3) is 3.69. The zero-order valence-corrected chi connectivity index (χ0v) is 11.1. The van der Waals surface area contributed by atoms with Gasteiger partial charge in [-0.1, -0.05) is 19.9 Å². The van der Waals surface area contributed by atoms with Crippen LogP contribution in [0.25, 0.3) is 0 Å². The van der Waals surface area contributed by atoms with Crippen LogP contribution in [0.3, 0.4) is 0 Å². The van der Waals surface area contributed by atoms with Crippen LogP contribution in [0.5, 0.6) is 5.75 Å². The van der Waals surface area contributed by atoms with Crippen LogP contribution >= 0.6 is 0 Å². The average molecular weight is 242 g/mol. The summed E-state index contributed by atoms with van der Waals surface area (Å²) in [5.41, 5.74) is 0.870. The summed E-state index contributed by atoms with van der Waals surface area (Å²) < 4.78 is 32.5. The lowest BCUT2D eigenvalue weighted by molar-refractivity contribution is 0.0135. The van der Waals surface area contributed by atoms with Crippen molar-refractivity contribution in [2.75, 3.05) is 0 Å². The van der Waals surface area contributed by atoms with E-state index in [1.807, 2.05) is 33.8 Å². The molecular formula is C14H20F2O. The fourth-order valence-corrected chi connectivity index (χ4v) is 1.61. The molecule has 0 heterocycles. The van der Waals surface area contributed by atoms with Crippen LogP contribution in [0, 0.1) is 0 Å². The molecule has 17 heavy (non-hydrogen) atoms. The van der Waals surface area contributed by atoms with Crippen molar-refractivity contribution in [1.82, 2.24) is 0 Å². The van der Waals surface area contributed by atoms with Crippen molar-refractivity contribution >= 4 is 0 Å². The second-order valence-electron chi connectivity index (χ2n) is 4.97. The molecule has 0 radical (unpaired) electrons. The maximum Gasteiger partial charge on any atom is 0.274 e. The molecule has 0 saturated heterocycles. The molecule has 1 nitrogen and oxygen atoms in total. The predicted octanol–water partition coefficient (Wildman–Crippen LogP) is 4.71. The number of hydrogen-bond acceptors (Lipinski definition) is 1. The van der Waals surface area contributed by atoms with Crippen molar-refractivity contribution in [2.45, 2.75) is 52.6 Å². The lowest BCUT2D eigenvalue weighted by Crippen LogP contribution is -2.14. The Kier molecular flexibility index (Phi) is 4.12. The molecule has 0 bridgehead atoms. The Hall–Kier alpha value is -1.12. The molecule has 1 rings (SSSR count). The first-order valence-electron chi connectivity index (χ1n) is 5.90. The lowest BCUT2D eigenvalue weighted by atomic mass is 9.98. The Bertz CT molecular complexity index is 378. The van der Waals surface area contributed by atoms with Gasteiger partial charge in [0.2, 0.25) is 0 Å². The van der Waals surface area contributed by atoms with Crippen molar-refractivity contribution in [3.05, 3.63) is 29.3 Å².